The van der Waals surface area contributed by atoms with Crippen molar-refractivity contribution in [2.24, 2.45) is 0 Å². The quantitative estimate of drug-likeness (QED) is 0.570. The second-order valence-corrected chi connectivity index (χ2v) is 4.36. The maximum Gasteiger partial charge on any atom is 0.244 e. The molecule has 1 saturated carbocycles. The maximum atomic E-state index is 9.28. The van der Waals surface area contributed by atoms with E-state index in [0.717, 1.165) is 19.4 Å². The molecule has 1 aliphatic carbocycles. The van der Waals surface area contributed by atoms with Crippen molar-refractivity contribution in [1.82, 2.24) is 15.5 Å². The Bertz CT molecular complexity index is 347. The minimum atomic E-state index is -0.691. The molecule has 6 heteroatoms. The molecule has 1 aromatic rings. The standard InChI is InChI=1S/C11H19N3O3/c1-3-16-6-12-9-4-8(5-9)11-14-13-10(17-11)7(2)15/h7-9,12,15H,3-6H2,1-2H3/t7-,8?,9?/m1/s1. The van der Waals surface area contributed by atoms with E-state index in [4.69, 9.17) is 9.15 Å². The second kappa shape index (κ2) is 5.57. The summed E-state index contributed by atoms with van der Waals surface area (Å²) in [5.41, 5.74) is 0. The monoisotopic (exact) mass is 241 g/mol. The van der Waals surface area contributed by atoms with E-state index in [-0.39, 0.29) is 0 Å². The minimum Gasteiger partial charge on any atom is -0.422 e. The van der Waals surface area contributed by atoms with Crippen LogP contribution in [0.5, 0.6) is 0 Å². The summed E-state index contributed by atoms with van der Waals surface area (Å²) in [5.74, 6) is 1.25. The molecule has 1 aliphatic rings. The first-order valence-electron chi connectivity index (χ1n) is 6.03. The molecule has 96 valence electrons. The van der Waals surface area contributed by atoms with Crippen molar-refractivity contribution in [2.45, 2.75) is 44.8 Å². The Morgan fingerprint density at radius 3 is 2.88 bits per heavy atom. The maximum absolute atomic E-state index is 9.28. The number of hydrogen-bond acceptors (Lipinski definition) is 6. The highest BCUT2D eigenvalue weighted by atomic mass is 16.5. The van der Waals surface area contributed by atoms with Gasteiger partial charge in [0.1, 0.15) is 6.10 Å². The summed E-state index contributed by atoms with van der Waals surface area (Å²) in [6.07, 6.45) is 1.27. The van der Waals surface area contributed by atoms with Crippen molar-refractivity contribution in [2.75, 3.05) is 13.3 Å². The van der Waals surface area contributed by atoms with E-state index in [1.165, 1.54) is 0 Å². The summed E-state index contributed by atoms with van der Waals surface area (Å²) in [7, 11) is 0. The fraction of sp³-hybridized carbons (Fsp3) is 0.818. The number of nitrogens with one attached hydrogen (secondary N) is 1. The lowest BCUT2D eigenvalue weighted by molar-refractivity contribution is 0.0992. The van der Waals surface area contributed by atoms with Gasteiger partial charge in [-0.25, -0.2) is 0 Å². The van der Waals surface area contributed by atoms with Crippen LogP contribution in [0.15, 0.2) is 4.42 Å². The van der Waals surface area contributed by atoms with Crippen LogP contribution in [-0.4, -0.2) is 34.7 Å². The summed E-state index contributed by atoms with van der Waals surface area (Å²) in [5, 5.41) is 20.3. The number of aromatic nitrogens is 2. The van der Waals surface area contributed by atoms with Crippen molar-refractivity contribution >= 4 is 0 Å². The van der Waals surface area contributed by atoms with Crippen LogP contribution in [0.25, 0.3) is 0 Å². The van der Waals surface area contributed by atoms with E-state index in [0.29, 0.717) is 30.5 Å². The van der Waals surface area contributed by atoms with E-state index < -0.39 is 6.10 Å². The van der Waals surface area contributed by atoms with Gasteiger partial charge in [0.2, 0.25) is 11.8 Å². The van der Waals surface area contributed by atoms with Gasteiger partial charge in [-0.05, 0) is 26.7 Å². The summed E-state index contributed by atoms with van der Waals surface area (Å²) in [6.45, 7) is 4.91. The molecule has 2 N–H and O–H groups in total. The van der Waals surface area contributed by atoms with Gasteiger partial charge in [-0.1, -0.05) is 0 Å². The molecule has 1 aromatic heterocycles. The lowest BCUT2D eigenvalue weighted by Crippen LogP contribution is -2.41. The Morgan fingerprint density at radius 1 is 1.53 bits per heavy atom. The predicted molar refractivity (Wildman–Crippen MR) is 60.3 cm³/mol. The Labute approximate surface area is 100 Å². The summed E-state index contributed by atoms with van der Waals surface area (Å²) in [6, 6.07) is 0.466. The number of aliphatic hydroxyl groups excluding tert-OH is 1. The van der Waals surface area contributed by atoms with Crippen molar-refractivity contribution < 1.29 is 14.3 Å². The third kappa shape index (κ3) is 3.02. The van der Waals surface area contributed by atoms with Crippen molar-refractivity contribution in [1.29, 1.82) is 0 Å². The molecule has 0 bridgehead atoms. The molecule has 6 nitrogen and oxygen atoms in total. The van der Waals surface area contributed by atoms with E-state index in [2.05, 4.69) is 15.5 Å². The van der Waals surface area contributed by atoms with Crippen LogP contribution in [0.3, 0.4) is 0 Å². The summed E-state index contributed by atoms with van der Waals surface area (Å²) >= 11 is 0. The first-order valence-corrected chi connectivity index (χ1v) is 6.03. The molecule has 0 unspecified atom stereocenters. The van der Waals surface area contributed by atoms with Gasteiger partial charge in [0.15, 0.2) is 0 Å². The largest absolute Gasteiger partial charge is 0.422 e. The average molecular weight is 241 g/mol. The van der Waals surface area contributed by atoms with Crippen LogP contribution < -0.4 is 5.32 Å². The number of rotatable bonds is 6. The highest BCUT2D eigenvalue weighted by Crippen LogP contribution is 2.36. The molecule has 0 aliphatic heterocycles. The second-order valence-electron chi connectivity index (χ2n) is 4.36. The van der Waals surface area contributed by atoms with Crippen LogP contribution in [0.2, 0.25) is 0 Å². The van der Waals surface area contributed by atoms with Gasteiger partial charge in [0.05, 0.1) is 6.73 Å². The van der Waals surface area contributed by atoms with Gasteiger partial charge < -0.3 is 14.3 Å². The molecular weight excluding hydrogens is 222 g/mol. The topological polar surface area (TPSA) is 80.4 Å². The lowest BCUT2D eigenvalue weighted by Gasteiger charge is -2.33. The van der Waals surface area contributed by atoms with Crippen LogP contribution >= 0.6 is 0 Å². The smallest absolute Gasteiger partial charge is 0.244 e. The van der Waals surface area contributed by atoms with E-state index in [9.17, 15) is 5.11 Å². The molecule has 0 amide bonds. The van der Waals surface area contributed by atoms with Crippen molar-refractivity contribution in [3.8, 4) is 0 Å². The van der Waals surface area contributed by atoms with Crippen LogP contribution in [0.1, 0.15) is 50.5 Å². The van der Waals surface area contributed by atoms with Crippen molar-refractivity contribution in [3.05, 3.63) is 11.8 Å². The minimum absolute atomic E-state index is 0.297. The highest BCUT2D eigenvalue weighted by molar-refractivity contribution is 5.02. The number of nitrogens with zero attached hydrogens (tertiary/aromatic N) is 2. The van der Waals surface area contributed by atoms with Crippen LogP contribution in [0, 0.1) is 0 Å². The Morgan fingerprint density at radius 2 is 2.29 bits per heavy atom. The first-order chi connectivity index (χ1) is 8.20. The number of hydrogen-bond donors (Lipinski definition) is 2. The van der Waals surface area contributed by atoms with Crippen LogP contribution in [-0.2, 0) is 4.74 Å². The normalized spacial score (nSPS) is 25.6. The Hall–Kier alpha value is -0.980. The SMILES string of the molecule is CCOCNC1CC(c2nnc([C@@H](C)O)o2)C1. The molecule has 0 saturated heterocycles. The Balaban J connectivity index is 1.75. The highest BCUT2D eigenvalue weighted by Gasteiger charge is 2.34. The van der Waals surface area contributed by atoms with Gasteiger partial charge in [-0.2, -0.15) is 0 Å². The van der Waals surface area contributed by atoms with E-state index in [1.807, 2.05) is 6.92 Å². The average Bonchev–Trinajstić information content (AvgIpc) is 2.70. The zero-order valence-corrected chi connectivity index (χ0v) is 10.2. The summed E-state index contributed by atoms with van der Waals surface area (Å²) in [4.78, 5) is 0. The van der Waals surface area contributed by atoms with Gasteiger partial charge >= 0.3 is 0 Å². The molecular formula is C11H19N3O3. The lowest BCUT2D eigenvalue weighted by atomic mass is 9.80. The van der Waals surface area contributed by atoms with E-state index in [1.54, 1.807) is 6.92 Å². The van der Waals surface area contributed by atoms with E-state index >= 15 is 0 Å². The molecule has 1 fully saturated rings. The van der Waals surface area contributed by atoms with Gasteiger partial charge in [-0.15, -0.1) is 10.2 Å². The first kappa shape index (κ1) is 12.5. The predicted octanol–water partition coefficient (Wildman–Crippen LogP) is 0.952. The van der Waals surface area contributed by atoms with Gasteiger partial charge in [0, 0.05) is 18.6 Å². The van der Waals surface area contributed by atoms with Crippen molar-refractivity contribution in [3.63, 3.8) is 0 Å². The molecule has 0 spiro atoms. The summed E-state index contributed by atoms with van der Waals surface area (Å²) < 4.78 is 10.6. The zero-order chi connectivity index (χ0) is 12.3. The third-order valence-electron chi connectivity index (χ3n) is 2.98. The molecule has 17 heavy (non-hydrogen) atoms. The molecule has 2 rings (SSSR count). The molecule has 1 heterocycles. The third-order valence-corrected chi connectivity index (χ3v) is 2.98. The number of aliphatic hydroxyl groups is 1. The molecule has 1 atom stereocenters. The molecule has 0 aromatic carbocycles. The zero-order valence-electron chi connectivity index (χ0n) is 10.2. The van der Waals surface area contributed by atoms with Gasteiger partial charge in [-0.3, -0.25) is 5.32 Å². The number of ether oxygens (including phenoxy) is 1. The Kier molecular flexibility index (Phi) is 4.09. The fourth-order valence-corrected chi connectivity index (χ4v) is 1.85. The fourth-order valence-electron chi connectivity index (χ4n) is 1.85. The van der Waals surface area contributed by atoms with Crippen LogP contribution in [0.4, 0.5) is 0 Å². The molecule has 0 radical (unpaired) electrons. The van der Waals surface area contributed by atoms with Gasteiger partial charge in [0.25, 0.3) is 0 Å².